The molecule has 0 saturated carbocycles. The van der Waals surface area contributed by atoms with Crippen molar-refractivity contribution < 1.29 is 0 Å². The van der Waals surface area contributed by atoms with Gasteiger partial charge in [0.15, 0.2) is 0 Å². The van der Waals surface area contributed by atoms with E-state index in [0.29, 0.717) is 0 Å². The molecule has 0 radical (unpaired) electrons. The fraction of sp³-hybridized carbons (Fsp3) is 0.143. The summed E-state index contributed by atoms with van der Waals surface area (Å²) in [6, 6.07) is 10.2. The normalized spacial score (nSPS) is 12.3. The largest absolute Gasteiger partial charge is 0.399 e. The first kappa shape index (κ1) is 9.28. The molecular formula is C14H14N2. The Morgan fingerprint density at radius 2 is 1.75 bits per heavy atom. The molecule has 0 amide bonds. The van der Waals surface area contributed by atoms with E-state index in [4.69, 9.17) is 11.5 Å². The molecule has 4 N–H and O–H groups in total. The molecule has 2 heteroatoms. The van der Waals surface area contributed by atoms with Crippen LogP contribution in [-0.2, 0) is 6.42 Å². The van der Waals surface area contributed by atoms with Crippen LogP contribution >= 0.6 is 0 Å². The zero-order valence-corrected chi connectivity index (χ0v) is 9.25. The van der Waals surface area contributed by atoms with E-state index in [0.717, 1.165) is 17.8 Å². The first-order chi connectivity index (χ1) is 7.66. The molecule has 0 bridgehead atoms. The van der Waals surface area contributed by atoms with Crippen molar-refractivity contribution in [3.63, 3.8) is 0 Å². The molecular weight excluding hydrogens is 196 g/mol. The van der Waals surface area contributed by atoms with Crippen LogP contribution in [0.1, 0.15) is 16.7 Å². The van der Waals surface area contributed by atoms with Crippen molar-refractivity contribution >= 4 is 11.4 Å². The van der Waals surface area contributed by atoms with Crippen LogP contribution in [0.3, 0.4) is 0 Å². The quantitative estimate of drug-likeness (QED) is 0.560. The average molecular weight is 210 g/mol. The predicted molar refractivity (Wildman–Crippen MR) is 68.2 cm³/mol. The van der Waals surface area contributed by atoms with E-state index in [2.05, 4.69) is 25.1 Å². The lowest BCUT2D eigenvalue weighted by Crippen LogP contribution is -1.94. The van der Waals surface area contributed by atoms with Crippen molar-refractivity contribution in [1.29, 1.82) is 0 Å². The lowest BCUT2D eigenvalue weighted by molar-refractivity contribution is 1.22. The number of hydrogen-bond donors (Lipinski definition) is 2. The summed E-state index contributed by atoms with van der Waals surface area (Å²) in [4.78, 5) is 0. The molecule has 0 unspecified atom stereocenters. The number of nitrogen functional groups attached to an aromatic ring is 2. The number of nitrogens with two attached hydrogens (primary N) is 2. The van der Waals surface area contributed by atoms with Crippen LogP contribution in [0.5, 0.6) is 0 Å². The fourth-order valence-electron chi connectivity index (χ4n) is 2.47. The van der Waals surface area contributed by atoms with Crippen LogP contribution < -0.4 is 11.5 Å². The lowest BCUT2D eigenvalue weighted by Gasteiger charge is -2.06. The summed E-state index contributed by atoms with van der Waals surface area (Å²) in [6.07, 6.45) is 0.951. The Kier molecular flexibility index (Phi) is 1.75. The van der Waals surface area contributed by atoms with E-state index in [1.807, 2.05) is 12.1 Å². The Balaban J connectivity index is 2.27. The van der Waals surface area contributed by atoms with E-state index >= 15 is 0 Å². The SMILES string of the molecule is Cc1c(N)ccc2c1Cc1cc(N)ccc1-2. The van der Waals surface area contributed by atoms with Gasteiger partial charge in [-0.3, -0.25) is 0 Å². The summed E-state index contributed by atoms with van der Waals surface area (Å²) in [5, 5.41) is 0. The third kappa shape index (κ3) is 1.13. The van der Waals surface area contributed by atoms with E-state index < -0.39 is 0 Å². The van der Waals surface area contributed by atoms with Gasteiger partial charge in [0.05, 0.1) is 0 Å². The van der Waals surface area contributed by atoms with Crippen LogP contribution in [0.15, 0.2) is 30.3 Å². The van der Waals surface area contributed by atoms with Gasteiger partial charge in [-0.15, -0.1) is 0 Å². The Hall–Kier alpha value is -1.96. The van der Waals surface area contributed by atoms with Gasteiger partial charge in [0.1, 0.15) is 0 Å². The minimum atomic E-state index is 0.831. The van der Waals surface area contributed by atoms with E-state index in [9.17, 15) is 0 Å². The maximum atomic E-state index is 5.93. The van der Waals surface area contributed by atoms with Crippen LogP contribution in [0.25, 0.3) is 11.1 Å². The third-order valence-corrected chi connectivity index (χ3v) is 3.43. The van der Waals surface area contributed by atoms with Gasteiger partial charge in [0, 0.05) is 11.4 Å². The molecule has 0 saturated heterocycles. The minimum absolute atomic E-state index is 0.831. The average Bonchev–Trinajstić information content (AvgIpc) is 2.62. The zero-order chi connectivity index (χ0) is 11.3. The highest BCUT2D eigenvalue weighted by Gasteiger charge is 2.20. The predicted octanol–water partition coefficient (Wildman–Crippen LogP) is 2.73. The molecule has 0 spiro atoms. The molecule has 0 aromatic heterocycles. The number of hydrogen-bond acceptors (Lipinski definition) is 2. The summed E-state index contributed by atoms with van der Waals surface area (Å²) in [5.74, 6) is 0. The number of benzene rings is 2. The number of fused-ring (bicyclic) bond motifs is 3. The summed E-state index contributed by atoms with van der Waals surface area (Å²) in [7, 11) is 0. The van der Waals surface area contributed by atoms with Crippen molar-refractivity contribution in [1.82, 2.24) is 0 Å². The van der Waals surface area contributed by atoms with Gasteiger partial charge in [0.25, 0.3) is 0 Å². The second kappa shape index (κ2) is 3.01. The molecule has 0 heterocycles. The summed E-state index contributed by atoms with van der Waals surface area (Å²) in [6.45, 7) is 2.09. The van der Waals surface area contributed by atoms with Gasteiger partial charge in [-0.2, -0.15) is 0 Å². The van der Waals surface area contributed by atoms with Gasteiger partial charge in [0.2, 0.25) is 0 Å². The van der Waals surface area contributed by atoms with Crippen molar-refractivity contribution in [3.8, 4) is 11.1 Å². The second-order valence-corrected chi connectivity index (χ2v) is 4.40. The summed E-state index contributed by atoms with van der Waals surface area (Å²) >= 11 is 0. The molecule has 2 aromatic rings. The van der Waals surface area contributed by atoms with Gasteiger partial charge in [-0.25, -0.2) is 0 Å². The van der Waals surface area contributed by atoms with Crippen molar-refractivity contribution in [2.24, 2.45) is 0 Å². The Morgan fingerprint density at radius 1 is 1.00 bits per heavy atom. The molecule has 0 atom stereocenters. The minimum Gasteiger partial charge on any atom is -0.399 e. The molecule has 0 aliphatic heterocycles. The summed E-state index contributed by atoms with van der Waals surface area (Å²) in [5.41, 5.74) is 19.9. The highest BCUT2D eigenvalue weighted by Crippen LogP contribution is 2.40. The molecule has 3 rings (SSSR count). The van der Waals surface area contributed by atoms with Crippen LogP contribution in [0, 0.1) is 6.92 Å². The molecule has 1 aliphatic carbocycles. The van der Waals surface area contributed by atoms with Gasteiger partial charge >= 0.3 is 0 Å². The highest BCUT2D eigenvalue weighted by atomic mass is 14.6. The smallest absolute Gasteiger partial charge is 0.0347 e. The molecule has 2 nitrogen and oxygen atoms in total. The van der Waals surface area contributed by atoms with Gasteiger partial charge < -0.3 is 11.5 Å². The Morgan fingerprint density at radius 3 is 2.56 bits per heavy atom. The molecule has 16 heavy (non-hydrogen) atoms. The maximum Gasteiger partial charge on any atom is 0.0347 e. The lowest BCUT2D eigenvalue weighted by atomic mass is 10.0. The first-order valence-corrected chi connectivity index (χ1v) is 5.43. The molecule has 1 aliphatic rings. The molecule has 0 fully saturated rings. The second-order valence-electron chi connectivity index (χ2n) is 4.40. The number of rotatable bonds is 0. The Bertz CT molecular complexity index is 586. The summed E-state index contributed by atoms with van der Waals surface area (Å²) < 4.78 is 0. The van der Waals surface area contributed by atoms with Crippen molar-refractivity contribution in [3.05, 3.63) is 47.0 Å². The first-order valence-electron chi connectivity index (χ1n) is 5.43. The highest BCUT2D eigenvalue weighted by molar-refractivity contribution is 5.81. The van der Waals surface area contributed by atoms with E-state index in [-0.39, 0.29) is 0 Å². The monoisotopic (exact) mass is 210 g/mol. The van der Waals surface area contributed by atoms with Crippen molar-refractivity contribution in [2.75, 3.05) is 11.5 Å². The topological polar surface area (TPSA) is 52.0 Å². The van der Waals surface area contributed by atoms with E-state index in [1.165, 1.54) is 27.8 Å². The van der Waals surface area contributed by atoms with E-state index in [1.54, 1.807) is 0 Å². The fourth-order valence-corrected chi connectivity index (χ4v) is 2.47. The number of anilines is 2. The molecule has 2 aromatic carbocycles. The van der Waals surface area contributed by atoms with Crippen LogP contribution in [-0.4, -0.2) is 0 Å². The standard InChI is InChI=1S/C14H14N2/c1-8-13-7-9-6-10(15)2-3-11(9)12(13)4-5-14(8)16/h2-6H,7,15-16H2,1H3. The van der Waals surface area contributed by atoms with Gasteiger partial charge in [-0.1, -0.05) is 12.1 Å². The Labute approximate surface area is 94.9 Å². The van der Waals surface area contributed by atoms with Gasteiger partial charge in [-0.05, 0) is 59.4 Å². The van der Waals surface area contributed by atoms with Crippen LogP contribution in [0.4, 0.5) is 11.4 Å². The maximum absolute atomic E-state index is 5.93. The zero-order valence-electron chi connectivity index (χ0n) is 9.25. The third-order valence-electron chi connectivity index (χ3n) is 3.43. The van der Waals surface area contributed by atoms with Crippen LogP contribution in [0.2, 0.25) is 0 Å². The molecule has 80 valence electrons. The van der Waals surface area contributed by atoms with Crippen molar-refractivity contribution in [2.45, 2.75) is 13.3 Å².